The van der Waals surface area contributed by atoms with Crippen LogP contribution in [0, 0.1) is 11.8 Å². The summed E-state index contributed by atoms with van der Waals surface area (Å²) in [5, 5.41) is 7.51. The topological polar surface area (TPSA) is 24.1 Å². The lowest BCUT2D eigenvalue weighted by molar-refractivity contribution is 0.107. The fourth-order valence-electron chi connectivity index (χ4n) is 4.51. The van der Waals surface area contributed by atoms with Gasteiger partial charge >= 0.3 is 0 Å². The van der Waals surface area contributed by atoms with Gasteiger partial charge in [0.1, 0.15) is 0 Å². The molecule has 2 nitrogen and oxygen atoms in total. The highest BCUT2D eigenvalue weighted by atomic mass is 15.2. The molecule has 0 aromatic rings. The van der Waals surface area contributed by atoms with Crippen LogP contribution in [0.3, 0.4) is 0 Å². The summed E-state index contributed by atoms with van der Waals surface area (Å²) in [4.78, 5) is 0. The SMILES string of the molecule is C1NC2CC1CC2C12CCC(C1)N2. The average molecular weight is 178 g/mol. The first-order chi connectivity index (χ1) is 6.36. The molecular weight excluding hydrogens is 160 g/mol. The van der Waals surface area contributed by atoms with E-state index in [1.165, 1.54) is 38.6 Å². The van der Waals surface area contributed by atoms with Crippen molar-refractivity contribution < 1.29 is 0 Å². The number of piperidine rings is 1. The fraction of sp³-hybridized carbons (Fsp3) is 1.00. The molecule has 3 saturated heterocycles. The zero-order valence-corrected chi connectivity index (χ0v) is 8.05. The Morgan fingerprint density at radius 2 is 2.15 bits per heavy atom. The van der Waals surface area contributed by atoms with E-state index in [0.717, 1.165) is 23.9 Å². The third-order valence-corrected chi connectivity index (χ3v) is 5.08. The molecule has 0 radical (unpaired) electrons. The van der Waals surface area contributed by atoms with E-state index >= 15 is 0 Å². The first-order valence-electron chi connectivity index (χ1n) is 5.87. The molecule has 3 aliphatic heterocycles. The molecule has 2 N–H and O–H groups in total. The summed E-state index contributed by atoms with van der Waals surface area (Å²) in [6.45, 7) is 1.31. The van der Waals surface area contributed by atoms with Gasteiger partial charge in [-0.3, -0.25) is 0 Å². The maximum Gasteiger partial charge on any atom is 0.0242 e. The van der Waals surface area contributed by atoms with Crippen molar-refractivity contribution in [2.75, 3.05) is 6.54 Å². The van der Waals surface area contributed by atoms with Crippen molar-refractivity contribution in [3.8, 4) is 0 Å². The Bertz CT molecular complexity index is 239. The molecule has 72 valence electrons. The van der Waals surface area contributed by atoms with E-state index in [0.29, 0.717) is 5.54 Å². The molecule has 0 amide bonds. The summed E-state index contributed by atoms with van der Waals surface area (Å²) in [6.07, 6.45) is 7.39. The van der Waals surface area contributed by atoms with Crippen LogP contribution in [0.5, 0.6) is 0 Å². The maximum absolute atomic E-state index is 3.82. The summed E-state index contributed by atoms with van der Waals surface area (Å²) < 4.78 is 0. The van der Waals surface area contributed by atoms with Gasteiger partial charge in [0.15, 0.2) is 0 Å². The summed E-state index contributed by atoms with van der Waals surface area (Å²) >= 11 is 0. The lowest BCUT2D eigenvalue weighted by atomic mass is 9.74. The Balaban J connectivity index is 1.62. The van der Waals surface area contributed by atoms with E-state index < -0.39 is 0 Å². The summed E-state index contributed by atoms with van der Waals surface area (Å²) in [7, 11) is 0. The van der Waals surface area contributed by atoms with E-state index in [1.807, 2.05) is 0 Å². The Labute approximate surface area is 79.5 Å². The van der Waals surface area contributed by atoms with Crippen LogP contribution in [0.4, 0.5) is 0 Å². The van der Waals surface area contributed by atoms with Gasteiger partial charge in [0.2, 0.25) is 0 Å². The van der Waals surface area contributed by atoms with E-state index in [1.54, 1.807) is 0 Å². The number of hydrogen-bond acceptors (Lipinski definition) is 2. The van der Waals surface area contributed by atoms with Crippen LogP contribution >= 0.6 is 0 Å². The van der Waals surface area contributed by atoms with Crippen molar-refractivity contribution in [1.29, 1.82) is 0 Å². The van der Waals surface area contributed by atoms with Crippen LogP contribution < -0.4 is 10.6 Å². The second kappa shape index (κ2) is 2.12. The van der Waals surface area contributed by atoms with Crippen LogP contribution in [0.1, 0.15) is 32.1 Å². The van der Waals surface area contributed by atoms with Gasteiger partial charge in [0.05, 0.1) is 0 Å². The molecule has 5 unspecified atom stereocenters. The molecule has 2 heteroatoms. The molecule has 2 aliphatic carbocycles. The molecule has 5 rings (SSSR count). The second-order valence-corrected chi connectivity index (χ2v) is 5.70. The Morgan fingerprint density at radius 1 is 1.23 bits per heavy atom. The highest BCUT2D eigenvalue weighted by Gasteiger charge is 2.59. The molecule has 5 fully saturated rings. The van der Waals surface area contributed by atoms with Crippen LogP contribution in [0.15, 0.2) is 0 Å². The van der Waals surface area contributed by atoms with Gasteiger partial charge in [0, 0.05) is 17.6 Å². The molecule has 5 atom stereocenters. The van der Waals surface area contributed by atoms with Gasteiger partial charge in [-0.05, 0) is 50.5 Å². The van der Waals surface area contributed by atoms with Gasteiger partial charge in [-0.25, -0.2) is 0 Å². The van der Waals surface area contributed by atoms with Crippen LogP contribution in [-0.2, 0) is 0 Å². The molecule has 3 heterocycles. The van der Waals surface area contributed by atoms with Gasteiger partial charge in [-0.2, -0.15) is 0 Å². The Hall–Kier alpha value is -0.0800. The molecule has 4 bridgehead atoms. The van der Waals surface area contributed by atoms with E-state index in [4.69, 9.17) is 0 Å². The van der Waals surface area contributed by atoms with Crippen molar-refractivity contribution >= 4 is 0 Å². The van der Waals surface area contributed by atoms with Crippen LogP contribution in [0.25, 0.3) is 0 Å². The van der Waals surface area contributed by atoms with Crippen molar-refractivity contribution in [3.63, 3.8) is 0 Å². The van der Waals surface area contributed by atoms with Gasteiger partial charge in [-0.15, -0.1) is 0 Å². The monoisotopic (exact) mass is 178 g/mol. The lowest BCUT2D eigenvalue weighted by Gasteiger charge is -2.48. The number of fused-ring (bicyclic) bond motifs is 3. The maximum atomic E-state index is 3.82. The first kappa shape index (κ1) is 7.24. The summed E-state index contributed by atoms with van der Waals surface area (Å²) in [5.41, 5.74) is 0.609. The number of rotatable bonds is 1. The van der Waals surface area contributed by atoms with Crippen LogP contribution in [-0.4, -0.2) is 24.2 Å². The molecule has 5 aliphatic rings. The minimum Gasteiger partial charge on any atom is -0.313 e. The highest BCUT2D eigenvalue weighted by Crippen LogP contribution is 2.53. The quantitative estimate of drug-likeness (QED) is 0.623. The standard InChI is InChI=1S/C11H18N2/c1-2-11(5-8(1)13-11)9-3-7-4-10(9)12-6-7/h7-10,12-13H,1-6H2. The smallest absolute Gasteiger partial charge is 0.0242 e. The van der Waals surface area contributed by atoms with E-state index in [9.17, 15) is 0 Å². The predicted molar refractivity (Wildman–Crippen MR) is 51.5 cm³/mol. The van der Waals surface area contributed by atoms with Gasteiger partial charge in [-0.1, -0.05) is 0 Å². The number of hydrogen-bond donors (Lipinski definition) is 2. The molecule has 13 heavy (non-hydrogen) atoms. The van der Waals surface area contributed by atoms with E-state index in [2.05, 4.69) is 10.6 Å². The van der Waals surface area contributed by atoms with E-state index in [-0.39, 0.29) is 0 Å². The Morgan fingerprint density at radius 3 is 2.69 bits per heavy atom. The number of nitrogens with one attached hydrogen (secondary N) is 2. The predicted octanol–water partition coefficient (Wildman–Crippen LogP) is 0.879. The van der Waals surface area contributed by atoms with Gasteiger partial charge < -0.3 is 10.6 Å². The molecule has 0 aromatic carbocycles. The largest absolute Gasteiger partial charge is 0.313 e. The summed E-state index contributed by atoms with van der Waals surface area (Å²) in [6, 6.07) is 1.77. The summed E-state index contributed by atoms with van der Waals surface area (Å²) in [5.74, 6) is 2.00. The molecular formula is C11H18N2. The third-order valence-electron chi connectivity index (χ3n) is 5.08. The third kappa shape index (κ3) is 0.774. The molecule has 0 aromatic heterocycles. The Kier molecular flexibility index (Phi) is 1.18. The average Bonchev–Trinajstić information content (AvgIpc) is 2.81. The minimum absolute atomic E-state index is 0.609. The normalized spacial score (nSPS) is 62.8. The molecule has 0 spiro atoms. The zero-order valence-electron chi connectivity index (χ0n) is 8.05. The highest BCUT2D eigenvalue weighted by molar-refractivity contribution is 5.18. The zero-order chi connectivity index (χ0) is 8.47. The van der Waals surface area contributed by atoms with Crippen molar-refractivity contribution in [1.82, 2.24) is 10.6 Å². The molecule has 2 saturated carbocycles. The lowest BCUT2D eigenvalue weighted by Crippen LogP contribution is -2.63. The van der Waals surface area contributed by atoms with Crippen molar-refractivity contribution in [3.05, 3.63) is 0 Å². The minimum atomic E-state index is 0.609. The van der Waals surface area contributed by atoms with Gasteiger partial charge in [0.25, 0.3) is 0 Å². The van der Waals surface area contributed by atoms with Crippen molar-refractivity contribution in [2.45, 2.75) is 49.7 Å². The van der Waals surface area contributed by atoms with Crippen molar-refractivity contribution in [2.24, 2.45) is 11.8 Å². The first-order valence-corrected chi connectivity index (χ1v) is 5.87. The van der Waals surface area contributed by atoms with Crippen LogP contribution in [0.2, 0.25) is 0 Å². The fourth-order valence-corrected chi connectivity index (χ4v) is 4.51. The second-order valence-electron chi connectivity index (χ2n) is 5.70.